The van der Waals surface area contributed by atoms with Crippen molar-refractivity contribution in [3.63, 3.8) is 0 Å². The lowest BCUT2D eigenvalue weighted by molar-refractivity contribution is -0.140. The first kappa shape index (κ1) is 11.2. The largest absolute Gasteiger partial charge is 0.387 e. The van der Waals surface area contributed by atoms with Crippen LogP contribution in [0.1, 0.15) is 25.7 Å². The molecule has 0 atom stereocenters. The van der Waals surface area contributed by atoms with Gasteiger partial charge in [0.05, 0.1) is 5.60 Å². The van der Waals surface area contributed by atoms with Gasteiger partial charge in [-0.25, -0.2) is 0 Å². The third-order valence-corrected chi connectivity index (χ3v) is 4.13. The number of aliphatic hydroxyl groups is 1. The molecule has 3 rings (SSSR count). The number of likely N-dealkylation sites (tertiary alicyclic amines) is 2. The third kappa shape index (κ3) is 1.98. The highest BCUT2D eigenvalue weighted by Gasteiger charge is 2.51. The Bertz CT molecular complexity index is 343. The van der Waals surface area contributed by atoms with Crippen molar-refractivity contribution in [1.29, 1.82) is 0 Å². The predicted octanol–water partition coefficient (Wildman–Crippen LogP) is -0.408. The molecular formula is C12H18N2O3. The fourth-order valence-corrected chi connectivity index (χ4v) is 2.88. The topological polar surface area (TPSA) is 60.9 Å². The lowest BCUT2D eigenvalue weighted by atomic mass is 9.89. The summed E-state index contributed by atoms with van der Waals surface area (Å²) in [6.45, 7) is 2.59. The molecule has 94 valence electrons. The third-order valence-electron chi connectivity index (χ3n) is 4.13. The minimum absolute atomic E-state index is 0.0482. The first-order valence-corrected chi connectivity index (χ1v) is 6.36. The molecule has 5 nitrogen and oxygen atoms in total. The summed E-state index contributed by atoms with van der Waals surface area (Å²) in [5.74, 6) is 0.398. The van der Waals surface area contributed by atoms with E-state index in [1.165, 1.54) is 4.90 Å². The Balaban J connectivity index is 1.44. The SMILES string of the molecule is O=C1CCC(=O)N1CCN1CC(O)(C2CC2)C1. The van der Waals surface area contributed by atoms with Crippen LogP contribution in [0.5, 0.6) is 0 Å². The van der Waals surface area contributed by atoms with Crippen LogP contribution in [0.15, 0.2) is 0 Å². The van der Waals surface area contributed by atoms with E-state index in [0.29, 0.717) is 44.9 Å². The van der Waals surface area contributed by atoms with E-state index in [2.05, 4.69) is 4.90 Å². The molecule has 0 aromatic heterocycles. The summed E-state index contributed by atoms with van der Waals surface area (Å²) >= 11 is 0. The Morgan fingerprint density at radius 3 is 2.24 bits per heavy atom. The van der Waals surface area contributed by atoms with Crippen molar-refractivity contribution >= 4 is 11.8 Å². The van der Waals surface area contributed by atoms with Gasteiger partial charge in [0, 0.05) is 39.0 Å². The fourth-order valence-electron chi connectivity index (χ4n) is 2.88. The van der Waals surface area contributed by atoms with Crippen LogP contribution in [-0.4, -0.2) is 58.5 Å². The van der Waals surface area contributed by atoms with Crippen molar-refractivity contribution in [2.75, 3.05) is 26.2 Å². The molecule has 1 aliphatic carbocycles. The van der Waals surface area contributed by atoms with Gasteiger partial charge in [-0.2, -0.15) is 0 Å². The highest BCUT2D eigenvalue weighted by Crippen LogP contribution is 2.44. The molecule has 1 saturated carbocycles. The normalized spacial score (nSPS) is 28.6. The Morgan fingerprint density at radius 1 is 1.12 bits per heavy atom. The molecule has 2 heterocycles. The maximum atomic E-state index is 11.4. The van der Waals surface area contributed by atoms with E-state index in [-0.39, 0.29) is 11.8 Å². The van der Waals surface area contributed by atoms with E-state index >= 15 is 0 Å². The molecule has 0 bridgehead atoms. The smallest absolute Gasteiger partial charge is 0.229 e. The highest BCUT2D eigenvalue weighted by molar-refractivity contribution is 6.01. The van der Waals surface area contributed by atoms with Crippen LogP contribution in [0.3, 0.4) is 0 Å². The number of hydrogen-bond acceptors (Lipinski definition) is 4. The molecule has 3 fully saturated rings. The molecule has 0 spiro atoms. The van der Waals surface area contributed by atoms with Gasteiger partial charge in [0.25, 0.3) is 0 Å². The maximum absolute atomic E-state index is 11.4. The standard InChI is InChI=1S/C12H18N2O3/c15-10-3-4-11(16)14(10)6-5-13-7-12(17,8-13)9-1-2-9/h9,17H,1-8H2. The van der Waals surface area contributed by atoms with Crippen LogP contribution in [0.25, 0.3) is 0 Å². The summed E-state index contributed by atoms with van der Waals surface area (Å²) in [7, 11) is 0. The Morgan fingerprint density at radius 2 is 1.71 bits per heavy atom. The molecule has 2 aliphatic heterocycles. The number of imide groups is 1. The van der Waals surface area contributed by atoms with Crippen LogP contribution in [0, 0.1) is 5.92 Å². The zero-order chi connectivity index (χ0) is 12.0. The molecule has 2 saturated heterocycles. The second-order valence-electron chi connectivity index (χ2n) is 5.53. The van der Waals surface area contributed by atoms with Crippen LogP contribution in [0.4, 0.5) is 0 Å². The second-order valence-corrected chi connectivity index (χ2v) is 5.53. The minimum atomic E-state index is -0.473. The van der Waals surface area contributed by atoms with Gasteiger partial charge >= 0.3 is 0 Å². The molecular weight excluding hydrogens is 220 g/mol. The Labute approximate surface area is 100 Å². The maximum Gasteiger partial charge on any atom is 0.229 e. The van der Waals surface area contributed by atoms with Gasteiger partial charge in [-0.3, -0.25) is 19.4 Å². The van der Waals surface area contributed by atoms with Crippen LogP contribution < -0.4 is 0 Å². The zero-order valence-electron chi connectivity index (χ0n) is 9.89. The lowest BCUT2D eigenvalue weighted by Gasteiger charge is -2.47. The zero-order valence-corrected chi connectivity index (χ0v) is 9.89. The van der Waals surface area contributed by atoms with Crippen LogP contribution in [-0.2, 0) is 9.59 Å². The summed E-state index contributed by atoms with van der Waals surface area (Å²) in [4.78, 5) is 26.3. The first-order valence-electron chi connectivity index (χ1n) is 6.36. The second kappa shape index (κ2) is 3.78. The van der Waals surface area contributed by atoms with Crippen molar-refractivity contribution in [2.45, 2.75) is 31.3 Å². The van der Waals surface area contributed by atoms with Crippen molar-refractivity contribution in [3.05, 3.63) is 0 Å². The van der Waals surface area contributed by atoms with E-state index < -0.39 is 5.60 Å². The molecule has 0 unspecified atom stereocenters. The molecule has 0 aromatic carbocycles. The number of rotatable bonds is 4. The lowest BCUT2D eigenvalue weighted by Crippen LogP contribution is -2.64. The van der Waals surface area contributed by atoms with Crippen molar-refractivity contribution in [3.8, 4) is 0 Å². The molecule has 3 aliphatic rings. The van der Waals surface area contributed by atoms with Gasteiger partial charge in [-0.05, 0) is 18.8 Å². The number of nitrogens with zero attached hydrogens (tertiary/aromatic N) is 2. The van der Waals surface area contributed by atoms with Crippen molar-refractivity contribution in [2.24, 2.45) is 5.92 Å². The van der Waals surface area contributed by atoms with Gasteiger partial charge in [-0.15, -0.1) is 0 Å². The average molecular weight is 238 g/mol. The number of β-amino-alcohol motifs (C(OH)–C–C–N with tert-alkyl or cyclic N) is 1. The van der Waals surface area contributed by atoms with Gasteiger partial charge in [0.2, 0.25) is 11.8 Å². The van der Waals surface area contributed by atoms with Crippen molar-refractivity contribution < 1.29 is 14.7 Å². The summed E-state index contributed by atoms with van der Waals surface area (Å²) in [5.41, 5.74) is -0.473. The van der Waals surface area contributed by atoms with Gasteiger partial charge in [0.15, 0.2) is 0 Å². The monoisotopic (exact) mass is 238 g/mol. The molecule has 2 amide bonds. The molecule has 0 radical (unpaired) electrons. The molecule has 1 N–H and O–H groups in total. The summed E-state index contributed by atoms with van der Waals surface area (Å²) in [6, 6.07) is 0. The number of amides is 2. The van der Waals surface area contributed by atoms with Gasteiger partial charge < -0.3 is 5.11 Å². The minimum Gasteiger partial charge on any atom is -0.387 e. The number of carbonyl (C=O) groups is 2. The quantitative estimate of drug-likeness (QED) is 0.677. The molecule has 0 aromatic rings. The number of hydrogen-bond donors (Lipinski definition) is 1. The van der Waals surface area contributed by atoms with E-state index in [1.807, 2.05) is 0 Å². The Kier molecular flexibility index (Phi) is 2.48. The van der Waals surface area contributed by atoms with E-state index in [4.69, 9.17) is 0 Å². The predicted molar refractivity (Wildman–Crippen MR) is 60.1 cm³/mol. The Hall–Kier alpha value is -0.940. The number of carbonyl (C=O) groups excluding carboxylic acids is 2. The fraction of sp³-hybridized carbons (Fsp3) is 0.833. The average Bonchev–Trinajstić information content (AvgIpc) is 3.03. The summed E-state index contributed by atoms with van der Waals surface area (Å²) < 4.78 is 0. The molecule has 17 heavy (non-hydrogen) atoms. The molecule has 5 heteroatoms. The van der Waals surface area contributed by atoms with Crippen LogP contribution in [0.2, 0.25) is 0 Å². The van der Waals surface area contributed by atoms with Crippen molar-refractivity contribution in [1.82, 2.24) is 9.80 Å². The van der Waals surface area contributed by atoms with E-state index in [9.17, 15) is 14.7 Å². The van der Waals surface area contributed by atoms with E-state index in [0.717, 1.165) is 12.8 Å². The van der Waals surface area contributed by atoms with E-state index in [1.54, 1.807) is 0 Å². The highest BCUT2D eigenvalue weighted by atomic mass is 16.3. The van der Waals surface area contributed by atoms with Crippen LogP contribution >= 0.6 is 0 Å². The summed E-state index contributed by atoms with van der Waals surface area (Å²) in [6.07, 6.45) is 3.02. The first-order chi connectivity index (χ1) is 8.08. The van der Waals surface area contributed by atoms with Gasteiger partial charge in [-0.1, -0.05) is 0 Å². The summed E-state index contributed by atoms with van der Waals surface area (Å²) in [5, 5.41) is 10.1. The van der Waals surface area contributed by atoms with Gasteiger partial charge in [0.1, 0.15) is 0 Å².